The Morgan fingerprint density at radius 1 is 1.40 bits per heavy atom. The fraction of sp³-hybridized carbons (Fsp3) is 0.267. The standard InChI is InChI=1S/C15H13BrClNOS/c16-11-5-4-9(8-12(11)17)15(19)18-13-2-1-3-14-10(13)6-7-20-14/h4-8,13H,1-3H2,(H,18,19). The van der Waals surface area contributed by atoms with E-state index < -0.39 is 0 Å². The second kappa shape index (κ2) is 5.88. The molecular weight excluding hydrogens is 358 g/mol. The van der Waals surface area contributed by atoms with E-state index in [1.165, 1.54) is 10.4 Å². The van der Waals surface area contributed by atoms with Crippen molar-refractivity contribution < 1.29 is 4.79 Å². The number of hydrogen-bond donors (Lipinski definition) is 1. The third-order valence-corrected chi connectivity index (χ3v) is 5.77. The number of benzene rings is 1. The monoisotopic (exact) mass is 369 g/mol. The van der Waals surface area contributed by atoms with Gasteiger partial charge in [-0.2, -0.15) is 0 Å². The van der Waals surface area contributed by atoms with Crippen LogP contribution >= 0.6 is 38.9 Å². The van der Waals surface area contributed by atoms with Crippen molar-refractivity contribution in [3.8, 4) is 0 Å². The quantitative estimate of drug-likeness (QED) is 0.794. The van der Waals surface area contributed by atoms with Gasteiger partial charge in [0.2, 0.25) is 0 Å². The Kier molecular flexibility index (Phi) is 4.15. The van der Waals surface area contributed by atoms with Crippen LogP contribution in [0.25, 0.3) is 0 Å². The molecule has 1 heterocycles. The van der Waals surface area contributed by atoms with Crippen molar-refractivity contribution in [2.75, 3.05) is 0 Å². The van der Waals surface area contributed by atoms with E-state index in [9.17, 15) is 4.79 Å². The van der Waals surface area contributed by atoms with Crippen LogP contribution in [0.15, 0.2) is 34.1 Å². The van der Waals surface area contributed by atoms with Crippen molar-refractivity contribution in [3.63, 3.8) is 0 Å². The Hall–Kier alpha value is -0.840. The van der Waals surface area contributed by atoms with Gasteiger partial charge in [0.1, 0.15) is 0 Å². The zero-order valence-electron chi connectivity index (χ0n) is 10.7. The summed E-state index contributed by atoms with van der Waals surface area (Å²) in [6, 6.07) is 7.52. The number of rotatable bonds is 2. The molecule has 0 bridgehead atoms. The molecule has 1 aromatic heterocycles. The van der Waals surface area contributed by atoms with E-state index in [2.05, 4.69) is 32.7 Å². The third-order valence-electron chi connectivity index (χ3n) is 3.54. The van der Waals surface area contributed by atoms with E-state index in [0.29, 0.717) is 10.6 Å². The van der Waals surface area contributed by atoms with Gasteiger partial charge in [-0.15, -0.1) is 11.3 Å². The molecule has 0 saturated heterocycles. The molecule has 3 rings (SSSR count). The lowest BCUT2D eigenvalue weighted by Crippen LogP contribution is -2.30. The minimum atomic E-state index is -0.0662. The number of amides is 1. The topological polar surface area (TPSA) is 29.1 Å². The summed E-state index contributed by atoms with van der Waals surface area (Å²) in [7, 11) is 0. The maximum atomic E-state index is 12.3. The van der Waals surface area contributed by atoms with E-state index in [0.717, 1.165) is 23.7 Å². The Labute approximate surface area is 135 Å². The molecule has 2 nitrogen and oxygen atoms in total. The van der Waals surface area contributed by atoms with Crippen molar-refractivity contribution in [2.45, 2.75) is 25.3 Å². The molecule has 104 valence electrons. The fourth-order valence-electron chi connectivity index (χ4n) is 2.52. The molecule has 0 spiro atoms. The van der Waals surface area contributed by atoms with Crippen LogP contribution < -0.4 is 5.32 Å². The van der Waals surface area contributed by atoms with Gasteiger partial charge in [0, 0.05) is 14.9 Å². The Morgan fingerprint density at radius 3 is 3.05 bits per heavy atom. The molecule has 0 aliphatic heterocycles. The molecule has 1 aromatic carbocycles. The minimum absolute atomic E-state index is 0.0662. The van der Waals surface area contributed by atoms with Crippen molar-refractivity contribution in [3.05, 3.63) is 55.1 Å². The predicted octanol–water partition coefficient (Wildman–Crippen LogP) is 4.97. The van der Waals surface area contributed by atoms with Crippen LogP contribution in [0, 0.1) is 0 Å². The fourth-order valence-corrected chi connectivity index (χ4v) is 3.93. The first-order valence-electron chi connectivity index (χ1n) is 6.47. The molecule has 1 aliphatic rings. The van der Waals surface area contributed by atoms with Gasteiger partial charge in [-0.25, -0.2) is 0 Å². The van der Waals surface area contributed by atoms with Crippen LogP contribution in [0.2, 0.25) is 5.02 Å². The van der Waals surface area contributed by atoms with Crippen molar-refractivity contribution in [1.29, 1.82) is 0 Å². The first kappa shape index (κ1) is 14.1. The van der Waals surface area contributed by atoms with Crippen LogP contribution in [0.5, 0.6) is 0 Å². The highest BCUT2D eigenvalue weighted by Crippen LogP contribution is 2.33. The largest absolute Gasteiger partial charge is 0.345 e. The molecule has 20 heavy (non-hydrogen) atoms. The maximum Gasteiger partial charge on any atom is 0.251 e. The average Bonchev–Trinajstić information content (AvgIpc) is 2.91. The van der Waals surface area contributed by atoms with Crippen LogP contribution in [0.3, 0.4) is 0 Å². The summed E-state index contributed by atoms with van der Waals surface area (Å²) >= 11 is 11.1. The average molecular weight is 371 g/mol. The third kappa shape index (κ3) is 2.78. The Morgan fingerprint density at radius 2 is 2.25 bits per heavy atom. The summed E-state index contributed by atoms with van der Waals surface area (Å²) in [4.78, 5) is 13.7. The number of thiophene rings is 1. The highest BCUT2D eigenvalue weighted by Gasteiger charge is 2.23. The summed E-state index contributed by atoms with van der Waals surface area (Å²) < 4.78 is 0.800. The highest BCUT2D eigenvalue weighted by atomic mass is 79.9. The van der Waals surface area contributed by atoms with Gasteiger partial charge in [-0.05, 0) is 70.4 Å². The van der Waals surface area contributed by atoms with Gasteiger partial charge in [-0.1, -0.05) is 11.6 Å². The van der Waals surface area contributed by atoms with Crippen LogP contribution in [-0.4, -0.2) is 5.91 Å². The first-order valence-corrected chi connectivity index (χ1v) is 8.52. The molecule has 0 saturated carbocycles. The Bertz CT molecular complexity index is 655. The number of aryl methyl sites for hydroxylation is 1. The second-order valence-electron chi connectivity index (χ2n) is 4.85. The molecule has 1 aliphatic carbocycles. The van der Waals surface area contributed by atoms with Crippen molar-refractivity contribution >= 4 is 44.8 Å². The van der Waals surface area contributed by atoms with E-state index in [1.807, 2.05) is 0 Å². The molecule has 5 heteroatoms. The SMILES string of the molecule is O=C(NC1CCCc2sccc21)c1ccc(Br)c(Cl)c1. The van der Waals surface area contributed by atoms with Gasteiger partial charge in [-0.3, -0.25) is 4.79 Å². The zero-order valence-corrected chi connectivity index (χ0v) is 13.8. The smallest absolute Gasteiger partial charge is 0.251 e. The number of hydrogen-bond acceptors (Lipinski definition) is 2. The number of carbonyl (C=O) groups is 1. The predicted molar refractivity (Wildman–Crippen MR) is 86.6 cm³/mol. The molecule has 1 atom stereocenters. The molecular formula is C15H13BrClNOS. The molecule has 0 fully saturated rings. The highest BCUT2D eigenvalue weighted by molar-refractivity contribution is 9.10. The molecule has 0 radical (unpaired) electrons. The molecule has 1 N–H and O–H groups in total. The van der Waals surface area contributed by atoms with Crippen molar-refractivity contribution in [2.24, 2.45) is 0 Å². The maximum absolute atomic E-state index is 12.3. The first-order chi connectivity index (χ1) is 9.65. The summed E-state index contributed by atoms with van der Waals surface area (Å²) in [5, 5.41) is 5.77. The lowest BCUT2D eigenvalue weighted by atomic mass is 9.94. The normalized spacial score (nSPS) is 17.6. The van der Waals surface area contributed by atoms with E-state index in [4.69, 9.17) is 11.6 Å². The number of carbonyl (C=O) groups excluding carboxylic acids is 1. The second-order valence-corrected chi connectivity index (χ2v) is 7.11. The Balaban J connectivity index is 1.79. The number of halogens is 2. The van der Waals surface area contributed by atoms with Gasteiger partial charge in [0.15, 0.2) is 0 Å². The van der Waals surface area contributed by atoms with Crippen LogP contribution in [0.4, 0.5) is 0 Å². The summed E-state index contributed by atoms with van der Waals surface area (Å²) in [6.07, 6.45) is 3.25. The van der Waals surface area contributed by atoms with Gasteiger partial charge in [0.05, 0.1) is 11.1 Å². The molecule has 2 aromatic rings. The summed E-state index contributed by atoms with van der Waals surface area (Å²) in [5.74, 6) is -0.0662. The minimum Gasteiger partial charge on any atom is -0.345 e. The molecule has 1 amide bonds. The lowest BCUT2D eigenvalue weighted by Gasteiger charge is -2.23. The lowest BCUT2D eigenvalue weighted by molar-refractivity contribution is 0.0933. The summed E-state index contributed by atoms with van der Waals surface area (Å²) in [6.45, 7) is 0. The van der Waals surface area contributed by atoms with Crippen LogP contribution in [-0.2, 0) is 6.42 Å². The van der Waals surface area contributed by atoms with E-state index >= 15 is 0 Å². The van der Waals surface area contributed by atoms with E-state index in [1.54, 1.807) is 29.5 Å². The van der Waals surface area contributed by atoms with E-state index in [-0.39, 0.29) is 11.9 Å². The van der Waals surface area contributed by atoms with Gasteiger partial charge < -0.3 is 5.32 Å². The molecule has 1 unspecified atom stereocenters. The van der Waals surface area contributed by atoms with Crippen molar-refractivity contribution in [1.82, 2.24) is 5.32 Å². The summed E-state index contributed by atoms with van der Waals surface area (Å²) in [5.41, 5.74) is 1.87. The zero-order chi connectivity index (χ0) is 14.1. The number of fused-ring (bicyclic) bond motifs is 1. The van der Waals surface area contributed by atoms with Gasteiger partial charge in [0.25, 0.3) is 5.91 Å². The van der Waals surface area contributed by atoms with Gasteiger partial charge >= 0.3 is 0 Å². The number of nitrogens with one attached hydrogen (secondary N) is 1. The van der Waals surface area contributed by atoms with Crippen LogP contribution in [0.1, 0.15) is 39.7 Å².